The Kier molecular flexibility index (Phi) is 8.76. The van der Waals surface area contributed by atoms with Crippen LogP contribution in [0, 0.1) is 0 Å². The summed E-state index contributed by atoms with van der Waals surface area (Å²) in [7, 11) is 0. The fourth-order valence-corrected chi connectivity index (χ4v) is 1.12. The number of rotatable bonds is 8. The summed E-state index contributed by atoms with van der Waals surface area (Å²) >= 11 is 0. The van der Waals surface area contributed by atoms with Crippen LogP contribution in [-0.2, 0) is 9.59 Å². The number of unbranched alkanes of at least 4 members (excludes halogenated alkanes) is 1. The van der Waals surface area contributed by atoms with E-state index in [0.717, 1.165) is 12.8 Å². The number of amides is 2. The van der Waals surface area contributed by atoms with Crippen molar-refractivity contribution in [3.63, 3.8) is 0 Å². The maximum atomic E-state index is 11.2. The second-order valence-electron chi connectivity index (χ2n) is 3.30. The summed E-state index contributed by atoms with van der Waals surface area (Å²) in [6, 6.07) is 0. The van der Waals surface area contributed by atoms with Gasteiger partial charge in [0.2, 0.25) is 11.8 Å². The maximum Gasteiger partial charge on any atom is 0.221 e. The first kappa shape index (κ1) is 13.9. The lowest BCUT2D eigenvalue weighted by Gasteiger charge is -2.04. The van der Waals surface area contributed by atoms with Crippen LogP contribution < -0.4 is 16.4 Å². The Hall–Kier alpha value is -1.10. The van der Waals surface area contributed by atoms with E-state index >= 15 is 0 Å². The molecule has 5 heteroatoms. The quantitative estimate of drug-likeness (QED) is 0.488. The molecule has 88 valence electrons. The van der Waals surface area contributed by atoms with Gasteiger partial charge in [-0.05, 0) is 26.3 Å². The van der Waals surface area contributed by atoms with Gasteiger partial charge in [0.25, 0.3) is 0 Å². The molecule has 0 aromatic heterocycles. The molecule has 0 heterocycles. The van der Waals surface area contributed by atoms with Crippen LogP contribution in [-0.4, -0.2) is 31.4 Å². The maximum absolute atomic E-state index is 11.2. The van der Waals surface area contributed by atoms with Crippen LogP contribution in [0.2, 0.25) is 0 Å². The normalized spacial score (nSPS) is 9.73. The molecule has 0 aliphatic heterocycles. The lowest BCUT2D eigenvalue weighted by Crippen LogP contribution is -2.30. The molecule has 0 saturated carbocycles. The first-order chi connectivity index (χ1) is 7.20. The molecular weight excluding hydrogens is 194 g/mol. The topological polar surface area (TPSA) is 84.2 Å². The summed E-state index contributed by atoms with van der Waals surface area (Å²) in [5.41, 5.74) is 5.30. The van der Waals surface area contributed by atoms with Crippen LogP contribution >= 0.6 is 0 Å². The first-order valence-corrected chi connectivity index (χ1v) is 5.44. The van der Waals surface area contributed by atoms with E-state index in [4.69, 9.17) is 5.73 Å². The summed E-state index contributed by atoms with van der Waals surface area (Å²) in [6.45, 7) is 3.52. The molecule has 0 fully saturated rings. The summed E-state index contributed by atoms with van der Waals surface area (Å²) in [6.07, 6.45) is 2.51. The lowest BCUT2D eigenvalue weighted by atomic mass is 10.2. The Morgan fingerprint density at radius 3 is 2.33 bits per heavy atom. The predicted octanol–water partition coefficient (Wildman–Crippen LogP) is -0.242. The molecule has 15 heavy (non-hydrogen) atoms. The average molecular weight is 215 g/mol. The highest BCUT2D eigenvalue weighted by Crippen LogP contribution is 1.92. The van der Waals surface area contributed by atoms with Gasteiger partial charge in [0.05, 0.1) is 0 Å². The molecule has 0 aliphatic rings. The third kappa shape index (κ3) is 9.21. The molecule has 2 amide bonds. The molecule has 0 aromatic carbocycles. The van der Waals surface area contributed by atoms with Gasteiger partial charge in [-0.1, -0.05) is 0 Å². The molecule has 0 spiro atoms. The minimum atomic E-state index is -0.0280. The Balaban J connectivity index is 3.34. The summed E-state index contributed by atoms with van der Waals surface area (Å²) in [5.74, 6) is -0.0347. The zero-order chi connectivity index (χ0) is 11.5. The van der Waals surface area contributed by atoms with Crippen molar-refractivity contribution in [3.8, 4) is 0 Å². The molecule has 0 aromatic rings. The molecule has 0 radical (unpaired) electrons. The third-order valence-electron chi connectivity index (χ3n) is 1.91. The predicted molar refractivity (Wildman–Crippen MR) is 59.2 cm³/mol. The van der Waals surface area contributed by atoms with Crippen LogP contribution in [0.4, 0.5) is 0 Å². The van der Waals surface area contributed by atoms with Gasteiger partial charge < -0.3 is 16.4 Å². The minimum absolute atomic E-state index is 0.00671. The summed E-state index contributed by atoms with van der Waals surface area (Å²) in [4.78, 5) is 22.2. The van der Waals surface area contributed by atoms with Crippen LogP contribution in [0.3, 0.4) is 0 Å². The van der Waals surface area contributed by atoms with Crippen LogP contribution in [0.15, 0.2) is 0 Å². The highest BCUT2D eigenvalue weighted by atomic mass is 16.2. The molecular formula is C10H21N3O2. The van der Waals surface area contributed by atoms with E-state index in [9.17, 15) is 9.59 Å². The minimum Gasteiger partial charge on any atom is -0.356 e. The van der Waals surface area contributed by atoms with E-state index in [-0.39, 0.29) is 11.8 Å². The number of nitrogens with two attached hydrogens (primary N) is 1. The smallest absolute Gasteiger partial charge is 0.221 e. The average Bonchev–Trinajstić information content (AvgIpc) is 2.18. The molecule has 0 atom stereocenters. The Labute approximate surface area is 90.8 Å². The van der Waals surface area contributed by atoms with Crippen LogP contribution in [0.25, 0.3) is 0 Å². The van der Waals surface area contributed by atoms with Crippen LogP contribution in [0.1, 0.15) is 32.6 Å². The highest BCUT2D eigenvalue weighted by molar-refractivity contribution is 5.78. The van der Waals surface area contributed by atoms with Crippen molar-refractivity contribution in [2.24, 2.45) is 5.73 Å². The number of hydrogen-bond acceptors (Lipinski definition) is 3. The summed E-state index contributed by atoms with van der Waals surface area (Å²) in [5, 5.41) is 5.36. The van der Waals surface area contributed by atoms with Crippen molar-refractivity contribution >= 4 is 11.8 Å². The van der Waals surface area contributed by atoms with Gasteiger partial charge in [-0.15, -0.1) is 0 Å². The van der Waals surface area contributed by atoms with Gasteiger partial charge in [-0.2, -0.15) is 0 Å². The van der Waals surface area contributed by atoms with E-state index in [1.165, 1.54) is 0 Å². The fourth-order valence-electron chi connectivity index (χ4n) is 1.12. The van der Waals surface area contributed by atoms with Gasteiger partial charge in [0, 0.05) is 25.9 Å². The Morgan fingerprint density at radius 1 is 1.07 bits per heavy atom. The third-order valence-corrected chi connectivity index (χ3v) is 1.91. The molecule has 0 unspecified atom stereocenters. The second-order valence-corrected chi connectivity index (χ2v) is 3.30. The molecule has 0 bridgehead atoms. The zero-order valence-corrected chi connectivity index (χ0v) is 9.34. The molecule has 0 rings (SSSR count). The summed E-state index contributed by atoms with van der Waals surface area (Å²) < 4.78 is 0. The second kappa shape index (κ2) is 9.45. The van der Waals surface area contributed by atoms with E-state index < -0.39 is 0 Å². The van der Waals surface area contributed by atoms with E-state index in [2.05, 4.69) is 10.6 Å². The molecule has 4 N–H and O–H groups in total. The number of carbonyl (C=O) groups excluding carboxylic acids is 2. The van der Waals surface area contributed by atoms with Gasteiger partial charge in [-0.25, -0.2) is 0 Å². The van der Waals surface area contributed by atoms with E-state index in [1.54, 1.807) is 0 Å². The molecule has 0 saturated heterocycles. The largest absolute Gasteiger partial charge is 0.356 e. The Bertz CT molecular complexity index is 195. The molecule has 5 nitrogen and oxygen atoms in total. The number of nitrogens with one attached hydrogen (secondary N) is 2. The Morgan fingerprint density at radius 2 is 1.73 bits per heavy atom. The highest BCUT2D eigenvalue weighted by Gasteiger charge is 2.02. The van der Waals surface area contributed by atoms with Crippen molar-refractivity contribution in [1.82, 2.24) is 10.6 Å². The molecule has 0 aliphatic carbocycles. The van der Waals surface area contributed by atoms with Crippen LogP contribution in [0.5, 0.6) is 0 Å². The van der Waals surface area contributed by atoms with Gasteiger partial charge in [-0.3, -0.25) is 9.59 Å². The fraction of sp³-hybridized carbons (Fsp3) is 0.800. The van der Waals surface area contributed by atoms with Gasteiger partial charge in [0.15, 0.2) is 0 Å². The zero-order valence-electron chi connectivity index (χ0n) is 9.34. The SMILES string of the molecule is CCNC(=O)CCNC(=O)CCCCN. The standard InChI is InChI=1S/C10H21N3O2/c1-2-12-10(15)6-8-13-9(14)5-3-4-7-11/h2-8,11H2,1H3,(H,12,15)(H,13,14). The van der Waals surface area contributed by atoms with E-state index in [0.29, 0.717) is 32.5 Å². The van der Waals surface area contributed by atoms with Gasteiger partial charge in [0.1, 0.15) is 0 Å². The van der Waals surface area contributed by atoms with E-state index in [1.807, 2.05) is 6.92 Å². The van der Waals surface area contributed by atoms with Gasteiger partial charge >= 0.3 is 0 Å². The lowest BCUT2D eigenvalue weighted by molar-refractivity contribution is -0.122. The number of hydrogen-bond donors (Lipinski definition) is 3. The first-order valence-electron chi connectivity index (χ1n) is 5.44. The monoisotopic (exact) mass is 215 g/mol. The van der Waals surface area contributed by atoms with Crippen molar-refractivity contribution < 1.29 is 9.59 Å². The van der Waals surface area contributed by atoms with Crippen molar-refractivity contribution in [3.05, 3.63) is 0 Å². The van der Waals surface area contributed by atoms with Crippen molar-refractivity contribution in [2.45, 2.75) is 32.6 Å². The van der Waals surface area contributed by atoms with Crippen molar-refractivity contribution in [2.75, 3.05) is 19.6 Å². The number of carbonyl (C=O) groups is 2. The van der Waals surface area contributed by atoms with Crippen molar-refractivity contribution in [1.29, 1.82) is 0 Å².